The number of halogens is 1. The Morgan fingerprint density at radius 2 is 1.85 bits per heavy atom. The van der Waals surface area contributed by atoms with Crippen LogP contribution in [0.3, 0.4) is 0 Å². The average Bonchev–Trinajstić information content (AvgIpc) is 3.02. The third kappa shape index (κ3) is 6.16. The number of amides is 1. The molecule has 0 radical (unpaired) electrons. The van der Waals surface area contributed by atoms with Crippen LogP contribution >= 0.6 is 23.7 Å². The lowest BCUT2D eigenvalue weighted by atomic mass is 9.86. The number of nitrogens with zero attached hydrogens (tertiary/aromatic N) is 1. The van der Waals surface area contributed by atoms with Gasteiger partial charge in [-0.3, -0.25) is 9.59 Å². The lowest BCUT2D eigenvalue weighted by Gasteiger charge is -2.26. The van der Waals surface area contributed by atoms with Crippen molar-refractivity contribution >= 4 is 35.6 Å². The number of carbonyl (C=O) groups excluding carboxylic acids is 1. The minimum absolute atomic E-state index is 0. The first kappa shape index (κ1) is 22.1. The van der Waals surface area contributed by atoms with E-state index in [2.05, 4.69) is 15.6 Å². The summed E-state index contributed by atoms with van der Waals surface area (Å²) in [5, 5.41) is 16.6. The summed E-state index contributed by atoms with van der Waals surface area (Å²) in [5.41, 5.74) is 0.812. The van der Waals surface area contributed by atoms with Crippen molar-refractivity contribution in [1.82, 2.24) is 15.6 Å². The van der Waals surface area contributed by atoms with E-state index in [1.807, 2.05) is 6.92 Å². The molecular weight excluding hydrogens is 386 g/mol. The summed E-state index contributed by atoms with van der Waals surface area (Å²) in [7, 11) is 0. The lowest BCUT2D eigenvalue weighted by Crippen LogP contribution is -2.38. The molecule has 0 spiro atoms. The summed E-state index contributed by atoms with van der Waals surface area (Å²) in [6, 6.07) is 0.0813. The van der Waals surface area contributed by atoms with Crippen molar-refractivity contribution in [2.45, 2.75) is 64.3 Å². The Balaban J connectivity index is 0.00000261. The van der Waals surface area contributed by atoms with Gasteiger partial charge in [-0.15, -0.1) is 23.7 Å². The fourth-order valence-electron chi connectivity index (χ4n) is 4.00. The number of carboxylic acid groups (broad SMARTS) is 1. The number of piperidine rings is 1. The van der Waals surface area contributed by atoms with Gasteiger partial charge in [0.05, 0.1) is 16.6 Å². The number of hydrogen-bond donors (Lipinski definition) is 3. The van der Waals surface area contributed by atoms with Gasteiger partial charge in [0.25, 0.3) is 5.91 Å². The minimum Gasteiger partial charge on any atom is -0.481 e. The SMILES string of the molecule is Cc1nc(CCC2CCNCC2)sc1C(=O)N[C@H]1CC[C@H](C(=O)O)CC1.Cl. The van der Waals surface area contributed by atoms with Gasteiger partial charge in [0, 0.05) is 6.04 Å². The first-order valence-corrected chi connectivity index (χ1v) is 10.5. The fraction of sp³-hybridized carbons (Fsp3) is 0.737. The van der Waals surface area contributed by atoms with Gasteiger partial charge in [-0.25, -0.2) is 4.98 Å². The first-order chi connectivity index (χ1) is 12.5. The normalized spacial score (nSPS) is 23.4. The van der Waals surface area contributed by atoms with Gasteiger partial charge in [0.1, 0.15) is 4.88 Å². The number of nitrogens with one attached hydrogen (secondary N) is 2. The molecule has 3 N–H and O–H groups in total. The molecule has 6 nitrogen and oxygen atoms in total. The Bertz CT molecular complexity index is 638. The number of thiazole rings is 1. The van der Waals surface area contributed by atoms with Crippen molar-refractivity contribution in [3.63, 3.8) is 0 Å². The summed E-state index contributed by atoms with van der Waals surface area (Å²) in [6.07, 6.45) is 7.33. The molecule has 2 fully saturated rings. The second-order valence-electron chi connectivity index (χ2n) is 7.61. The predicted molar refractivity (Wildman–Crippen MR) is 109 cm³/mol. The molecule has 1 aliphatic carbocycles. The quantitative estimate of drug-likeness (QED) is 0.663. The van der Waals surface area contributed by atoms with Crippen LogP contribution in [-0.2, 0) is 11.2 Å². The third-order valence-electron chi connectivity index (χ3n) is 5.68. The number of aliphatic carboxylic acids is 1. The molecule has 152 valence electrons. The Hall–Kier alpha value is -1.18. The molecule has 0 unspecified atom stereocenters. The van der Waals surface area contributed by atoms with Crippen LogP contribution in [0.4, 0.5) is 0 Å². The van der Waals surface area contributed by atoms with E-state index in [4.69, 9.17) is 5.11 Å². The van der Waals surface area contributed by atoms with Crippen LogP contribution in [0.5, 0.6) is 0 Å². The van der Waals surface area contributed by atoms with Gasteiger partial charge in [-0.1, -0.05) is 0 Å². The maximum Gasteiger partial charge on any atom is 0.306 e. The van der Waals surface area contributed by atoms with E-state index in [9.17, 15) is 9.59 Å². The third-order valence-corrected chi connectivity index (χ3v) is 6.90. The van der Waals surface area contributed by atoms with Crippen molar-refractivity contribution in [1.29, 1.82) is 0 Å². The molecule has 8 heteroatoms. The molecule has 1 aliphatic heterocycles. The van der Waals surface area contributed by atoms with Crippen LogP contribution in [0.15, 0.2) is 0 Å². The van der Waals surface area contributed by atoms with Gasteiger partial charge in [-0.05, 0) is 77.3 Å². The molecular formula is C19H30ClN3O3S. The minimum atomic E-state index is -0.716. The zero-order chi connectivity index (χ0) is 18.5. The maximum absolute atomic E-state index is 12.6. The molecule has 1 aromatic rings. The van der Waals surface area contributed by atoms with Crippen molar-refractivity contribution in [3.8, 4) is 0 Å². The molecule has 2 heterocycles. The summed E-state index contributed by atoms with van der Waals surface area (Å²) in [6.45, 7) is 4.12. The summed E-state index contributed by atoms with van der Waals surface area (Å²) >= 11 is 1.52. The van der Waals surface area contributed by atoms with Crippen molar-refractivity contribution < 1.29 is 14.7 Å². The number of carboxylic acids is 1. The highest BCUT2D eigenvalue weighted by molar-refractivity contribution is 7.13. The monoisotopic (exact) mass is 415 g/mol. The second-order valence-corrected chi connectivity index (χ2v) is 8.70. The standard InChI is InChI=1S/C19H29N3O3S.ClH/c1-12-17(18(23)22-15-5-3-14(4-6-15)19(24)25)26-16(21-12)7-2-13-8-10-20-11-9-13;/h13-15,20H,2-11H2,1H3,(H,22,23)(H,24,25);1H/t14-,15-;. The van der Waals surface area contributed by atoms with Gasteiger partial charge in [-0.2, -0.15) is 0 Å². The van der Waals surface area contributed by atoms with Crippen molar-refractivity contribution in [3.05, 3.63) is 15.6 Å². The smallest absolute Gasteiger partial charge is 0.306 e. The summed E-state index contributed by atoms with van der Waals surface area (Å²) in [5.74, 6) is -0.254. The van der Waals surface area contributed by atoms with Crippen LogP contribution in [0.25, 0.3) is 0 Å². The highest BCUT2D eigenvalue weighted by atomic mass is 35.5. The van der Waals surface area contributed by atoms with E-state index in [0.717, 1.165) is 55.4 Å². The number of aromatic nitrogens is 1. The molecule has 0 atom stereocenters. The van der Waals surface area contributed by atoms with Gasteiger partial charge in [0.15, 0.2) is 0 Å². The number of hydrogen-bond acceptors (Lipinski definition) is 5. The van der Waals surface area contributed by atoms with Crippen molar-refractivity contribution in [2.24, 2.45) is 11.8 Å². The number of rotatable bonds is 6. The maximum atomic E-state index is 12.6. The molecule has 0 bridgehead atoms. The predicted octanol–water partition coefficient (Wildman–Crippen LogP) is 3.18. The topological polar surface area (TPSA) is 91.3 Å². The second kappa shape index (κ2) is 10.4. The number of aryl methyl sites for hydroxylation is 2. The highest BCUT2D eigenvalue weighted by Crippen LogP contribution is 2.26. The largest absolute Gasteiger partial charge is 0.481 e. The molecule has 1 amide bonds. The molecule has 1 saturated carbocycles. The van der Waals surface area contributed by atoms with Gasteiger partial charge < -0.3 is 15.7 Å². The van der Waals surface area contributed by atoms with E-state index in [1.54, 1.807) is 0 Å². The van der Waals surface area contributed by atoms with Crippen LogP contribution in [-0.4, -0.2) is 41.1 Å². The Morgan fingerprint density at radius 1 is 1.19 bits per heavy atom. The van der Waals surface area contributed by atoms with Crippen LogP contribution < -0.4 is 10.6 Å². The average molecular weight is 416 g/mol. The van der Waals surface area contributed by atoms with E-state index in [-0.39, 0.29) is 30.3 Å². The molecule has 27 heavy (non-hydrogen) atoms. The van der Waals surface area contributed by atoms with Crippen LogP contribution in [0.2, 0.25) is 0 Å². The Labute approximate surface area is 170 Å². The van der Waals surface area contributed by atoms with E-state index in [0.29, 0.717) is 17.7 Å². The van der Waals surface area contributed by atoms with Gasteiger partial charge in [0.2, 0.25) is 0 Å². The van der Waals surface area contributed by atoms with E-state index in [1.165, 1.54) is 24.2 Å². The Kier molecular flexibility index (Phi) is 8.51. The highest BCUT2D eigenvalue weighted by Gasteiger charge is 2.27. The van der Waals surface area contributed by atoms with Crippen molar-refractivity contribution in [2.75, 3.05) is 13.1 Å². The van der Waals surface area contributed by atoms with Gasteiger partial charge >= 0.3 is 5.97 Å². The molecule has 1 aromatic heterocycles. The van der Waals surface area contributed by atoms with Crippen LogP contribution in [0.1, 0.15) is 65.3 Å². The summed E-state index contributed by atoms with van der Waals surface area (Å²) < 4.78 is 0. The Morgan fingerprint density at radius 3 is 2.48 bits per heavy atom. The summed E-state index contributed by atoms with van der Waals surface area (Å²) in [4.78, 5) is 29.0. The fourth-order valence-corrected chi connectivity index (χ4v) is 4.99. The molecule has 3 rings (SSSR count). The zero-order valence-corrected chi connectivity index (χ0v) is 17.5. The molecule has 0 aromatic carbocycles. The molecule has 2 aliphatic rings. The zero-order valence-electron chi connectivity index (χ0n) is 15.8. The van der Waals surface area contributed by atoms with Crippen LogP contribution in [0, 0.1) is 18.8 Å². The van der Waals surface area contributed by atoms with E-state index >= 15 is 0 Å². The number of carbonyl (C=O) groups is 2. The first-order valence-electron chi connectivity index (χ1n) is 9.73. The van der Waals surface area contributed by atoms with E-state index < -0.39 is 5.97 Å². The lowest BCUT2D eigenvalue weighted by molar-refractivity contribution is -0.142. The molecule has 1 saturated heterocycles.